The molecule has 4 heterocycles. The molecule has 4 aromatic heterocycles. The van der Waals surface area contributed by atoms with E-state index in [0.717, 1.165) is 49.0 Å². The number of halogens is 1. The Hall–Kier alpha value is -4.87. The minimum atomic E-state index is -0.0141. The Balaban J connectivity index is 0.000000130. The van der Waals surface area contributed by atoms with Gasteiger partial charge in [0.2, 0.25) is 0 Å². The first kappa shape index (κ1) is 23.3. The first-order valence-electron chi connectivity index (χ1n) is 12.6. The second-order valence-electron chi connectivity index (χ2n) is 9.41. The molecule has 0 atom stereocenters. The Bertz CT molecular complexity index is 2220. The Labute approximate surface area is 228 Å². The Morgan fingerprint density at radius 3 is 1.67 bits per heavy atom. The van der Waals surface area contributed by atoms with Crippen molar-refractivity contribution in [3.05, 3.63) is 125 Å². The second kappa shape index (κ2) is 9.15. The predicted octanol–water partition coefficient (Wildman–Crippen LogP) is 7.83. The van der Waals surface area contributed by atoms with E-state index in [2.05, 4.69) is 51.4 Å². The van der Waals surface area contributed by atoms with Crippen molar-refractivity contribution in [2.75, 3.05) is 0 Å². The van der Waals surface area contributed by atoms with E-state index < -0.39 is 0 Å². The van der Waals surface area contributed by atoms with Crippen molar-refractivity contribution in [1.82, 2.24) is 19.5 Å². The van der Waals surface area contributed by atoms with Gasteiger partial charge in [-0.25, -0.2) is 4.98 Å². The molecule has 0 radical (unpaired) electrons. The summed E-state index contributed by atoms with van der Waals surface area (Å²) in [6.07, 6.45) is 3.56. The van der Waals surface area contributed by atoms with Gasteiger partial charge in [0.25, 0.3) is 5.56 Å². The average molecular weight is 525 g/mol. The van der Waals surface area contributed by atoms with Gasteiger partial charge in [0.15, 0.2) is 0 Å². The lowest BCUT2D eigenvalue weighted by Gasteiger charge is -2.11. The van der Waals surface area contributed by atoms with Crippen molar-refractivity contribution in [3.8, 4) is 0 Å². The zero-order valence-corrected chi connectivity index (χ0v) is 21.7. The van der Waals surface area contributed by atoms with E-state index in [1.54, 1.807) is 30.1 Å². The highest BCUT2D eigenvalue weighted by atomic mass is 35.5. The molecule has 186 valence electrons. The van der Waals surface area contributed by atoms with Crippen LogP contribution in [0.3, 0.4) is 0 Å². The van der Waals surface area contributed by atoms with Crippen LogP contribution in [-0.4, -0.2) is 19.5 Å². The fraction of sp³-hybridized carbons (Fsp3) is 0.0303. The van der Waals surface area contributed by atoms with Crippen LogP contribution in [0.15, 0.2) is 114 Å². The van der Waals surface area contributed by atoms with Crippen molar-refractivity contribution in [2.24, 2.45) is 7.05 Å². The lowest BCUT2D eigenvalue weighted by molar-refractivity contribution is 0.909. The largest absolute Gasteiger partial charge is 0.309 e. The molecule has 8 rings (SSSR count). The maximum atomic E-state index is 11.9. The van der Waals surface area contributed by atoms with Gasteiger partial charge in [-0.3, -0.25) is 14.8 Å². The average Bonchev–Trinajstić information content (AvgIpc) is 2.99. The molecule has 5 nitrogen and oxygen atoms in total. The summed E-state index contributed by atoms with van der Waals surface area (Å²) in [6.45, 7) is 0. The van der Waals surface area contributed by atoms with Gasteiger partial charge in [-0.2, -0.15) is 0 Å². The number of aryl methyl sites for hydroxylation is 1. The Morgan fingerprint density at radius 2 is 1.03 bits per heavy atom. The lowest BCUT2D eigenvalue weighted by Crippen LogP contribution is -2.15. The third-order valence-electron chi connectivity index (χ3n) is 7.25. The molecule has 0 bridgehead atoms. The standard InChI is InChI=1S/C17H12N2O.C16H9ClN2/c1-19-15(20)9-8-14-12-6-3-2-5-11(12)13-7-4-10-18-16(13)17(14)19;17-14-8-7-13-11-5-2-1-4-10(11)12-6-3-9-18-15(12)16(13)19-14/h2-10H,1H3;1-9H. The Morgan fingerprint density at radius 1 is 0.538 bits per heavy atom. The molecule has 0 spiro atoms. The summed E-state index contributed by atoms with van der Waals surface area (Å²) >= 11 is 6.03. The number of aromatic nitrogens is 4. The molecule has 6 heteroatoms. The highest BCUT2D eigenvalue weighted by Gasteiger charge is 2.12. The van der Waals surface area contributed by atoms with Gasteiger partial charge in [0.05, 0.1) is 22.1 Å². The molecule has 39 heavy (non-hydrogen) atoms. The molecule has 8 aromatic rings. The first-order chi connectivity index (χ1) is 19.1. The monoisotopic (exact) mass is 524 g/mol. The van der Waals surface area contributed by atoms with Crippen LogP contribution in [0.5, 0.6) is 0 Å². The molecular formula is C33H21ClN4O. The van der Waals surface area contributed by atoms with E-state index in [1.165, 1.54) is 16.2 Å². The van der Waals surface area contributed by atoms with Gasteiger partial charge < -0.3 is 4.57 Å². The molecule has 0 N–H and O–H groups in total. The van der Waals surface area contributed by atoms with Crippen LogP contribution in [0, 0.1) is 0 Å². The molecule has 0 unspecified atom stereocenters. The fourth-order valence-corrected chi connectivity index (χ4v) is 5.65. The quantitative estimate of drug-likeness (QED) is 0.150. The normalized spacial score (nSPS) is 11.4. The molecule has 0 aliphatic heterocycles. The number of pyridine rings is 4. The van der Waals surface area contributed by atoms with Gasteiger partial charge in [-0.15, -0.1) is 0 Å². The summed E-state index contributed by atoms with van der Waals surface area (Å²) in [5.74, 6) is 0. The number of nitrogens with zero attached hydrogens (tertiary/aromatic N) is 4. The summed E-state index contributed by atoms with van der Waals surface area (Å²) in [4.78, 5) is 25.4. The summed E-state index contributed by atoms with van der Waals surface area (Å²) in [5.41, 5.74) is 3.52. The molecule has 0 aliphatic rings. The van der Waals surface area contributed by atoms with Crippen LogP contribution >= 0.6 is 11.6 Å². The molecule has 0 amide bonds. The topological polar surface area (TPSA) is 60.7 Å². The summed E-state index contributed by atoms with van der Waals surface area (Å²) in [7, 11) is 1.80. The van der Waals surface area contributed by atoms with Gasteiger partial charge in [-0.05, 0) is 51.9 Å². The number of hydrogen-bond acceptors (Lipinski definition) is 4. The molecule has 4 aromatic carbocycles. The summed E-state index contributed by atoms with van der Waals surface area (Å²) in [6, 6.07) is 31.9. The number of hydrogen-bond donors (Lipinski definition) is 0. The van der Waals surface area contributed by atoms with E-state index in [9.17, 15) is 4.79 Å². The van der Waals surface area contributed by atoms with E-state index in [-0.39, 0.29) is 5.56 Å². The molecule has 0 fully saturated rings. The predicted molar refractivity (Wildman–Crippen MR) is 162 cm³/mol. The smallest absolute Gasteiger partial charge is 0.250 e. The van der Waals surface area contributed by atoms with Crippen LogP contribution in [0.25, 0.3) is 65.2 Å². The SMILES string of the molecule is Clc1ccc2c3ccccc3c3cccnc3c2n1.Cn1c(=O)ccc2c3ccccc3c3cccnc3c21. The number of benzene rings is 4. The van der Waals surface area contributed by atoms with E-state index >= 15 is 0 Å². The third-order valence-corrected chi connectivity index (χ3v) is 7.46. The van der Waals surface area contributed by atoms with Crippen LogP contribution in [0.1, 0.15) is 0 Å². The van der Waals surface area contributed by atoms with E-state index in [1.807, 2.05) is 54.6 Å². The van der Waals surface area contributed by atoms with Crippen LogP contribution in [-0.2, 0) is 7.05 Å². The molecule has 0 saturated heterocycles. The van der Waals surface area contributed by atoms with Gasteiger partial charge in [0, 0.05) is 47.1 Å². The summed E-state index contributed by atoms with van der Waals surface area (Å²) in [5, 5.41) is 9.54. The molecule has 0 aliphatic carbocycles. The number of fused-ring (bicyclic) bond motifs is 12. The van der Waals surface area contributed by atoms with Crippen LogP contribution in [0.2, 0.25) is 5.15 Å². The van der Waals surface area contributed by atoms with Crippen LogP contribution < -0.4 is 5.56 Å². The zero-order valence-electron chi connectivity index (χ0n) is 21.0. The van der Waals surface area contributed by atoms with Gasteiger partial charge >= 0.3 is 0 Å². The highest BCUT2D eigenvalue weighted by Crippen LogP contribution is 2.34. The highest BCUT2D eigenvalue weighted by molar-refractivity contribution is 6.31. The fourth-order valence-electron chi connectivity index (χ4n) is 5.50. The van der Waals surface area contributed by atoms with Crippen molar-refractivity contribution in [1.29, 1.82) is 0 Å². The minimum Gasteiger partial charge on any atom is -0.309 e. The number of rotatable bonds is 0. The maximum Gasteiger partial charge on any atom is 0.250 e. The van der Waals surface area contributed by atoms with Gasteiger partial charge in [0.1, 0.15) is 5.15 Å². The van der Waals surface area contributed by atoms with E-state index in [0.29, 0.717) is 5.15 Å². The Kier molecular flexibility index (Phi) is 5.46. The van der Waals surface area contributed by atoms with E-state index in [4.69, 9.17) is 11.6 Å². The first-order valence-corrected chi connectivity index (χ1v) is 13.0. The zero-order chi connectivity index (χ0) is 26.5. The minimum absolute atomic E-state index is 0.0141. The van der Waals surface area contributed by atoms with Crippen molar-refractivity contribution >= 4 is 76.8 Å². The van der Waals surface area contributed by atoms with Crippen molar-refractivity contribution in [3.63, 3.8) is 0 Å². The van der Waals surface area contributed by atoms with Crippen molar-refractivity contribution in [2.45, 2.75) is 0 Å². The third kappa shape index (κ3) is 3.70. The molecule has 0 saturated carbocycles. The van der Waals surface area contributed by atoms with Gasteiger partial charge in [-0.1, -0.05) is 72.3 Å². The lowest BCUT2D eigenvalue weighted by atomic mass is 10.00. The second-order valence-corrected chi connectivity index (χ2v) is 9.80. The van der Waals surface area contributed by atoms with Crippen molar-refractivity contribution < 1.29 is 0 Å². The molecular weight excluding hydrogens is 504 g/mol. The maximum absolute atomic E-state index is 11.9. The summed E-state index contributed by atoms with van der Waals surface area (Å²) < 4.78 is 1.68. The van der Waals surface area contributed by atoms with Crippen LogP contribution in [0.4, 0.5) is 0 Å².